The van der Waals surface area contributed by atoms with Gasteiger partial charge in [0.25, 0.3) is 11.8 Å². The van der Waals surface area contributed by atoms with Gasteiger partial charge in [-0.05, 0) is 85.8 Å². The minimum absolute atomic E-state index is 0.202. The Morgan fingerprint density at radius 3 is 2.32 bits per heavy atom. The third-order valence-electron chi connectivity index (χ3n) is 6.20. The van der Waals surface area contributed by atoms with Gasteiger partial charge in [-0.25, -0.2) is 5.01 Å². The van der Waals surface area contributed by atoms with E-state index in [0.717, 1.165) is 18.4 Å². The van der Waals surface area contributed by atoms with Crippen LogP contribution in [0.2, 0.25) is 0 Å². The number of carbonyl (C=O) groups excluding carboxylic acids is 2. The molecule has 8 nitrogen and oxygen atoms in total. The smallest absolute Gasteiger partial charge is 0.273 e. The number of rotatable bonds is 9. The molecule has 0 aromatic heterocycles. The van der Waals surface area contributed by atoms with Gasteiger partial charge in [0.1, 0.15) is 5.75 Å². The summed E-state index contributed by atoms with van der Waals surface area (Å²) >= 11 is 0. The summed E-state index contributed by atoms with van der Waals surface area (Å²) in [5, 5.41) is 8.40. The molecule has 37 heavy (non-hydrogen) atoms. The molecule has 1 aliphatic carbocycles. The van der Waals surface area contributed by atoms with Crippen molar-refractivity contribution in [2.45, 2.75) is 31.8 Å². The molecular formula is C29H31N3O5. The van der Waals surface area contributed by atoms with Crippen LogP contribution in [-0.2, 0) is 0 Å². The lowest BCUT2D eigenvalue weighted by Crippen LogP contribution is -2.21. The fraction of sp³-hybridized carbons (Fsp3) is 0.276. The van der Waals surface area contributed by atoms with Crippen molar-refractivity contribution < 1.29 is 23.8 Å². The number of para-hydroxylation sites is 1. The predicted octanol–water partition coefficient (Wildman–Crippen LogP) is 5.38. The SMILES string of the molecule is COc1ccc(C=NN(C)C(=O)c2ccc(NC(=O)c3ccccc3OC)cc2)cc1OC1CCCC1. The van der Waals surface area contributed by atoms with Crippen LogP contribution in [0.3, 0.4) is 0 Å². The molecule has 3 aromatic carbocycles. The molecule has 0 spiro atoms. The fourth-order valence-electron chi connectivity index (χ4n) is 4.17. The number of methoxy groups -OCH3 is 2. The van der Waals surface area contributed by atoms with Gasteiger partial charge in [-0.1, -0.05) is 12.1 Å². The highest BCUT2D eigenvalue weighted by Crippen LogP contribution is 2.32. The summed E-state index contributed by atoms with van der Waals surface area (Å²) in [5.41, 5.74) is 2.22. The number of benzene rings is 3. The van der Waals surface area contributed by atoms with Crippen molar-refractivity contribution in [1.82, 2.24) is 5.01 Å². The van der Waals surface area contributed by atoms with Crippen molar-refractivity contribution in [2.24, 2.45) is 5.10 Å². The third-order valence-corrected chi connectivity index (χ3v) is 6.20. The van der Waals surface area contributed by atoms with Gasteiger partial charge >= 0.3 is 0 Å². The zero-order valence-corrected chi connectivity index (χ0v) is 21.3. The van der Waals surface area contributed by atoms with Crippen molar-refractivity contribution >= 4 is 23.7 Å². The van der Waals surface area contributed by atoms with E-state index in [1.807, 2.05) is 18.2 Å². The van der Waals surface area contributed by atoms with Gasteiger partial charge < -0.3 is 19.5 Å². The number of hydrogen-bond donors (Lipinski definition) is 1. The van der Waals surface area contributed by atoms with E-state index in [4.69, 9.17) is 14.2 Å². The quantitative estimate of drug-likeness (QED) is 0.314. The summed E-state index contributed by atoms with van der Waals surface area (Å²) in [6.45, 7) is 0. The lowest BCUT2D eigenvalue weighted by Gasteiger charge is -2.16. The Bertz CT molecular complexity index is 1270. The Morgan fingerprint density at radius 1 is 0.919 bits per heavy atom. The van der Waals surface area contributed by atoms with E-state index < -0.39 is 0 Å². The van der Waals surface area contributed by atoms with Gasteiger partial charge in [-0.15, -0.1) is 0 Å². The van der Waals surface area contributed by atoms with Crippen molar-refractivity contribution in [2.75, 3.05) is 26.6 Å². The second-order valence-corrected chi connectivity index (χ2v) is 8.74. The fourth-order valence-corrected chi connectivity index (χ4v) is 4.17. The molecular weight excluding hydrogens is 470 g/mol. The summed E-state index contributed by atoms with van der Waals surface area (Å²) in [4.78, 5) is 25.5. The van der Waals surface area contributed by atoms with E-state index in [2.05, 4.69) is 10.4 Å². The largest absolute Gasteiger partial charge is 0.496 e. The minimum atomic E-state index is -0.297. The standard InChI is InChI=1S/C29H31N3O5/c1-32(30-19-20-12-17-26(36-3)27(18-20)37-23-8-4-5-9-23)29(34)21-13-15-22(16-14-21)31-28(33)24-10-6-7-11-25(24)35-2/h6-7,10-19,23H,4-5,8-9H2,1-3H3,(H,31,33). The number of hydrogen-bond acceptors (Lipinski definition) is 6. The predicted molar refractivity (Wildman–Crippen MR) is 143 cm³/mol. The zero-order chi connectivity index (χ0) is 26.2. The highest BCUT2D eigenvalue weighted by atomic mass is 16.5. The van der Waals surface area contributed by atoms with Crippen LogP contribution in [0.25, 0.3) is 0 Å². The topological polar surface area (TPSA) is 89.5 Å². The molecule has 0 unspecified atom stereocenters. The van der Waals surface area contributed by atoms with Crippen molar-refractivity contribution in [3.8, 4) is 17.2 Å². The molecule has 8 heteroatoms. The Morgan fingerprint density at radius 2 is 1.62 bits per heavy atom. The molecule has 1 aliphatic rings. The lowest BCUT2D eigenvalue weighted by molar-refractivity contribution is 0.0800. The van der Waals surface area contributed by atoms with E-state index in [0.29, 0.717) is 34.1 Å². The molecule has 0 radical (unpaired) electrons. The molecule has 2 amide bonds. The number of amides is 2. The monoisotopic (exact) mass is 501 g/mol. The van der Waals surface area contributed by atoms with Gasteiger partial charge in [-0.2, -0.15) is 5.10 Å². The number of ether oxygens (including phenoxy) is 3. The molecule has 3 aromatic rings. The van der Waals surface area contributed by atoms with Crippen LogP contribution in [0.5, 0.6) is 17.2 Å². The Hall–Kier alpha value is -4.33. The van der Waals surface area contributed by atoms with Gasteiger partial charge in [0.15, 0.2) is 11.5 Å². The van der Waals surface area contributed by atoms with Crippen LogP contribution >= 0.6 is 0 Å². The zero-order valence-electron chi connectivity index (χ0n) is 21.3. The van der Waals surface area contributed by atoms with Crippen LogP contribution in [0.4, 0.5) is 5.69 Å². The van der Waals surface area contributed by atoms with Crippen molar-refractivity contribution in [1.29, 1.82) is 0 Å². The first-order valence-electron chi connectivity index (χ1n) is 12.2. The van der Waals surface area contributed by atoms with E-state index in [-0.39, 0.29) is 17.9 Å². The molecule has 1 saturated carbocycles. The Kier molecular flexibility index (Phi) is 8.40. The maximum absolute atomic E-state index is 12.9. The van der Waals surface area contributed by atoms with Crippen LogP contribution in [0.1, 0.15) is 52.0 Å². The maximum Gasteiger partial charge on any atom is 0.273 e. The molecule has 0 aliphatic heterocycles. The van der Waals surface area contributed by atoms with Gasteiger partial charge in [0.05, 0.1) is 32.1 Å². The van der Waals surface area contributed by atoms with Crippen LogP contribution in [-0.4, -0.2) is 50.4 Å². The average Bonchev–Trinajstić information content (AvgIpc) is 3.45. The Balaban J connectivity index is 1.39. The molecule has 0 atom stereocenters. The molecule has 192 valence electrons. The second kappa shape index (κ2) is 12.1. The number of nitrogens with zero attached hydrogens (tertiary/aromatic N) is 2. The van der Waals surface area contributed by atoms with Crippen LogP contribution < -0.4 is 19.5 Å². The molecule has 0 saturated heterocycles. The first-order chi connectivity index (χ1) is 18.0. The van der Waals surface area contributed by atoms with E-state index in [9.17, 15) is 9.59 Å². The van der Waals surface area contributed by atoms with Crippen LogP contribution in [0, 0.1) is 0 Å². The van der Waals surface area contributed by atoms with Crippen molar-refractivity contribution in [3.05, 3.63) is 83.4 Å². The Labute approximate surface area is 216 Å². The van der Waals surface area contributed by atoms with Crippen molar-refractivity contribution in [3.63, 3.8) is 0 Å². The lowest BCUT2D eigenvalue weighted by atomic mass is 10.1. The number of anilines is 1. The normalized spacial score (nSPS) is 13.4. The van der Waals surface area contributed by atoms with Gasteiger partial charge in [0, 0.05) is 18.3 Å². The molecule has 1 fully saturated rings. The van der Waals surface area contributed by atoms with E-state index >= 15 is 0 Å². The molecule has 0 heterocycles. The molecule has 0 bridgehead atoms. The minimum Gasteiger partial charge on any atom is -0.496 e. The maximum atomic E-state index is 12.9. The molecule has 1 N–H and O–H groups in total. The first-order valence-corrected chi connectivity index (χ1v) is 12.2. The average molecular weight is 502 g/mol. The number of carbonyl (C=O) groups is 2. The number of hydrazone groups is 1. The summed E-state index contributed by atoms with van der Waals surface area (Å²) < 4.78 is 16.8. The van der Waals surface area contributed by atoms with Gasteiger partial charge in [-0.3, -0.25) is 9.59 Å². The van der Waals surface area contributed by atoms with Gasteiger partial charge in [0.2, 0.25) is 0 Å². The summed E-state index contributed by atoms with van der Waals surface area (Å²) in [7, 11) is 4.73. The highest BCUT2D eigenvalue weighted by molar-refractivity contribution is 6.06. The molecule has 4 rings (SSSR count). The highest BCUT2D eigenvalue weighted by Gasteiger charge is 2.19. The van der Waals surface area contributed by atoms with Crippen LogP contribution in [0.15, 0.2) is 71.8 Å². The van der Waals surface area contributed by atoms with E-state index in [1.54, 1.807) is 68.9 Å². The third kappa shape index (κ3) is 6.46. The summed E-state index contributed by atoms with van der Waals surface area (Å²) in [5.74, 6) is 1.26. The summed E-state index contributed by atoms with van der Waals surface area (Å²) in [6, 6.07) is 19.2. The van der Waals surface area contributed by atoms with E-state index in [1.165, 1.54) is 25.0 Å². The second-order valence-electron chi connectivity index (χ2n) is 8.74. The number of nitrogens with one attached hydrogen (secondary N) is 1. The first kappa shape index (κ1) is 25.8. The summed E-state index contributed by atoms with van der Waals surface area (Å²) in [6.07, 6.45) is 6.25.